The standard InChI is InChI=1S/C24H16Cl2N4O2/c1-29-21-4-2-3-19(26)24(21)32-22-9-14(6-8-18(22)25)16-10-23(31)30(13-16)17-7-5-15(12-27)20(28)11-17/h2-9,11,16H,10,13,28H2/t16-/m0/s1. The van der Waals surface area contributed by atoms with Crippen LogP contribution in [0.25, 0.3) is 4.85 Å². The van der Waals surface area contributed by atoms with Gasteiger partial charge in [0.1, 0.15) is 11.8 Å². The van der Waals surface area contributed by atoms with Gasteiger partial charge >= 0.3 is 0 Å². The molecule has 0 unspecified atom stereocenters. The Morgan fingerprint density at radius 3 is 2.69 bits per heavy atom. The second-order valence-electron chi connectivity index (χ2n) is 7.28. The molecule has 0 aromatic heterocycles. The molecule has 8 heteroatoms. The Labute approximate surface area is 195 Å². The molecule has 1 amide bonds. The number of rotatable bonds is 4. The van der Waals surface area contributed by atoms with Crippen LogP contribution >= 0.6 is 23.2 Å². The van der Waals surface area contributed by atoms with Gasteiger partial charge in [-0.1, -0.05) is 41.4 Å². The number of hydrogen-bond donors (Lipinski definition) is 1. The van der Waals surface area contributed by atoms with Gasteiger partial charge in [-0.3, -0.25) is 4.79 Å². The summed E-state index contributed by atoms with van der Waals surface area (Å²) in [5, 5.41) is 9.74. The lowest BCUT2D eigenvalue weighted by molar-refractivity contribution is -0.117. The molecule has 158 valence electrons. The molecule has 1 aliphatic heterocycles. The fraction of sp³-hybridized carbons (Fsp3) is 0.125. The Balaban J connectivity index is 1.61. The fourth-order valence-electron chi connectivity index (χ4n) is 3.65. The smallest absolute Gasteiger partial charge is 0.230 e. The van der Waals surface area contributed by atoms with Crippen molar-refractivity contribution in [2.75, 3.05) is 17.2 Å². The zero-order valence-corrected chi connectivity index (χ0v) is 18.2. The van der Waals surface area contributed by atoms with Crippen LogP contribution in [0.5, 0.6) is 11.5 Å². The van der Waals surface area contributed by atoms with E-state index in [1.54, 1.807) is 53.4 Å². The van der Waals surface area contributed by atoms with Gasteiger partial charge in [0.05, 0.1) is 27.9 Å². The number of carbonyl (C=O) groups excluding carboxylic acids is 1. The van der Waals surface area contributed by atoms with Crippen LogP contribution < -0.4 is 15.4 Å². The predicted molar refractivity (Wildman–Crippen MR) is 125 cm³/mol. The quantitative estimate of drug-likeness (QED) is 0.363. The van der Waals surface area contributed by atoms with Crippen molar-refractivity contribution >= 4 is 46.2 Å². The summed E-state index contributed by atoms with van der Waals surface area (Å²) >= 11 is 12.6. The van der Waals surface area contributed by atoms with Crippen molar-refractivity contribution in [3.05, 3.63) is 87.2 Å². The molecule has 4 rings (SSSR count). The zero-order valence-electron chi connectivity index (χ0n) is 16.7. The molecule has 0 spiro atoms. The van der Waals surface area contributed by atoms with E-state index in [0.29, 0.717) is 45.7 Å². The number of benzene rings is 3. The topological polar surface area (TPSA) is 83.7 Å². The van der Waals surface area contributed by atoms with E-state index in [-0.39, 0.29) is 23.3 Å². The van der Waals surface area contributed by atoms with Crippen molar-refractivity contribution < 1.29 is 9.53 Å². The van der Waals surface area contributed by atoms with Gasteiger partial charge in [-0.05, 0) is 42.0 Å². The summed E-state index contributed by atoms with van der Waals surface area (Å²) in [5.74, 6) is 0.458. The average Bonchev–Trinajstić information content (AvgIpc) is 3.18. The van der Waals surface area contributed by atoms with Crippen molar-refractivity contribution in [3.8, 4) is 17.6 Å². The fourth-order valence-corrected chi connectivity index (χ4v) is 4.01. The monoisotopic (exact) mass is 462 g/mol. The van der Waals surface area contributed by atoms with E-state index in [4.69, 9.17) is 45.5 Å². The van der Waals surface area contributed by atoms with Crippen LogP contribution in [0.15, 0.2) is 54.6 Å². The van der Waals surface area contributed by atoms with E-state index in [1.807, 2.05) is 12.1 Å². The van der Waals surface area contributed by atoms with E-state index in [0.717, 1.165) is 5.56 Å². The second-order valence-corrected chi connectivity index (χ2v) is 8.09. The Morgan fingerprint density at radius 2 is 1.97 bits per heavy atom. The van der Waals surface area contributed by atoms with Crippen LogP contribution in [0.4, 0.5) is 17.1 Å². The number of ether oxygens (including phenoxy) is 1. The van der Waals surface area contributed by atoms with Crippen LogP contribution in [-0.2, 0) is 4.79 Å². The number of nitrogens with two attached hydrogens (primary N) is 1. The number of carbonyl (C=O) groups is 1. The van der Waals surface area contributed by atoms with Crippen molar-refractivity contribution in [2.24, 2.45) is 0 Å². The van der Waals surface area contributed by atoms with Gasteiger partial charge in [-0.25, -0.2) is 4.85 Å². The normalized spacial score (nSPS) is 15.3. The summed E-state index contributed by atoms with van der Waals surface area (Å²) in [4.78, 5) is 17.8. The average molecular weight is 463 g/mol. The molecular formula is C24H16Cl2N4O2. The van der Waals surface area contributed by atoms with E-state index in [9.17, 15) is 4.79 Å². The first-order chi connectivity index (χ1) is 15.4. The van der Waals surface area contributed by atoms with Gasteiger partial charge in [0.15, 0.2) is 5.75 Å². The van der Waals surface area contributed by atoms with Crippen LogP contribution in [0.2, 0.25) is 10.0 Å². The summed E-state index contributed by atoms with van der Waals surface area (Å²) in [7, 11) is 0. The first-order valence-electron chi connectivity index (χ1n) is 9.64. The Morgan fingerprint density at radius 1 is 1.16 bits per heavy atom. The van der Waals surface area contributed by atoms with Gasteiger partial charge < -0.3 is 15.4 Å². The molecular weight excluding hydrogens is 447 g/mol. The SMILES string of the molecule is [C-]#[N+]c1cccc(Cl)c1Oc1cc([C@H]2CC(=O)N(c3ccc(C#N)c(N)c3)C2)ccc1Cl. The largest absolute Gasteiger partial charge is 0.465 e. The van der Waals surface area contributed by atoms with Crippen LogP contribution in [0, 0.1) is 17.9 Å². The molecule has 32 heavy (non-hydrogen) atoms. The van der Waals surface area contributed by atoms with Gasteiger partial charge in [0, 0.05) is 24.6 Å². The third kappa shape index (κ3) is 4.07. The highest BCUT2D eigenvalue weighted by Crippen LogP contribution is 2.42. The third-order valence-electron chi connectivity index (χ3n) is 5.30. The summed E-state index contributed by atoms with van der Waals surface area (Å²) in [6.07, 6.45) is 0.306. The summed E-state index contributed by atoms with van der Waals surface area (Å²) in [6, 6.07) is 17.2. The van der Waals surface area contributed by atoms with E-state index in [2.05, 4.69) is 4.85 Å². The summed E-state index contributed by atoms with van der Waals surface area (Å²) < 4.78 is 5.92. The van der Waals surface area contributed by atoms with Crippen LogP contribution in [0.3, 0.4) is 0 Å². The first kappa shape index (κ1) is 21.5. The molecule has 0 aliphatic carbocycles. The van der Waals surface area contributed by atoms with Crippen molar-refractivity contribution in [1.82, 2.24) is 0 Å². The number of anilines is 2. The maximum Gasteiger partial charge on any atom is 0.230 e. The minimum atomic E-state index is -0.0921. The number of nitriles is 1. The van der Waals surface area contributed by atoms with Crippen LogP contribution in [0.1, 0.15) is 23.5 Å². The third-order valence-corrected chi connectivity index (χ3v) is 5.91. The molecule has 0 radical (unpaired) electrons. The summed E-state index contributed by atoms with van der Waals surface area (Å²) in [6.45, 7) is 7.78. The van der Waals surface area contributed by atoms with Crippen molar-refractivity contribution in [2.45, 2.75) is 12.3 Å². The lowest BCUT2D eigenvalue weighted by Crippen LogP contribution is -2.24. The van der Waals surface area contributed by atoms with Gasteiger partial charge in [0.2, 0.25) is 11.6 Å². The number of nitrogens with zero attached hydrogens (tertiary/aromatic N) is 3. The molecule has 1 fully saturated rings. The zero-order chi connectivity index (χ0) is 22.8. The molecule has 2 N–H and O–H groups in total. The predicted octanol–water partition coefficient (Wildman–Crippen LogP) is 6.31. The minimum absolute atomic E-state index is 0.0436. The number of amides is 1. The Kier molecular flexibility index (Phi) is 5.92. The maximum absolute atomic E-state index is 12.7. The number of halogens is 2. The Bertz CT molecular complexity index is 1310. The Hall–Kier alpha value is -3.71. The van der Waals surface area contributed by atoms with Gasteiger partial charge in [-0.15, -0.1) is 0 Å². The lowest BCUT2D eigenvalue weighted by Gasteiger charge is -2.18. The highest BCUT2D eigenvalue weighted by atomic mass is 35.5. The number of hydrogen-bond acceptors (Lipinski definition) is 4. The molecule has 3 aromatic rings. The molecule has 3 aromatic carbocycles. The highest BCUT2D eigenvalue weighted by molar-refractivity contribution is 6.33. The molecule has 1 heterocycles. The van der Waals surface area contributed by atoms with Crippen LogP contribution in [-0.4, -0.2) is 12.5 Å². The molecule has 1 atom stereocenters. The lowest BCUT2D eigenvalue weighted by atomic mass is 9.98. The summed E-state index contributed by atoms with van der Waals surface area (Å²) in [5.41, 5.74) is 8.42. The number of nitrogen functional groups attached to an aromatic ring is 1. The first-order valence-corrected chi connectivity index (χ1v) is 10.4. The molecule has 1 aliphatic rings. The highest BCUT2D eigenvalue weighted by Gasteiger charge is 2.32. The molecule has 0 bridgehead atoms. The van der Waals surface area contributed by atoms with Crippen molar-refractivity contribution in [1.29, 1.82) is 5.26 Å². The van der Waals surface area contributed by atoms with E-state index < -0.39 is 0 Å². The minimum Gasteiger partial charge on any atom is -0.465 e. The number of para-hydroxylation sites is 1. The molecule has 1 saturated heterocycles. The van der Waals surface area contributed by atoms with Gasteiger partial charge in [-0.2, -0.15) is 5.26 Å². The maximum atomic E-state index is 12.7. The molecule has 0 saturated carbocycles. The second kappa shape index (κ2) is 8.80. The van der Waals surface area contributed by atoms with E-state index in [1.165, 1.54) is 0 Å². The van der Waals surface area contributed by atoms with E-state index >= 15 is 0 Å². The van der Waals surface area contributed by atoms with Gasteiger partial charge in [0.25, 0.3) is 0 Å². The molecule has 6 nitrogen and oxygen atoms in total. The van der Waals surface area contributed by atoms with Crippen molar-refractivity contribution in [3.63, 3.8) is 0 Å².